The third kappa shape index (κ3) is 5.00. The summed E-state index contributed by atoms with van der Waals surface area (Å²) in [4.78, 5) is 36.9. The van der Waals surface area contributed by atoms with Gasteiger partial charge in [-0.15, -0.1) is 0 Å². The van der Waals surface area contributed by atoms with Crippen molar-refractivity contribution in [2.75, 3.05) is 0 Å². The van der Waals surface area contributed by atoms with Crippen molar-refractivity contribution in [2.45, 2.75) is 32.1 Å². The van der Waals surface area contributed by atoms with Crippen molar-refractivity contribution in [3.63, 3.8) is 0 Å². The molecule has 0 saturated carbocycles. The summed E-state index contributed by atoms with van der Waals surface area (Å²) in [5.41, 5.74) is 3.67. The first-order chi connectivity index (χ1) is 15.4. The SMILES string of the molecule is Cc1cc(C)nc(SC2=C(NCc3ccc(Cl)cc3)C(=O)N(Cc3ccccc3)C2=O)n1. The lowest BCUT2D eigenvalue weighted by Gasteiger charge is -2.15. The van der Waals surface area contributed by atoms with Crippen LogP contribution in [0, 0.1) is 13.8 Å². The first kappa shape index (κ1) is 22.0. The van der Waals surface area contributed by atoms with Crippen LogP contribution in [0.2, 0.25) is 5.02 Å². The van der Waals surface area contributed by atoms with Crippen LogP contribution in [-0.2, 0) is 22.7 Å². The van der Waals surface area contributed by atoms with Crippen molar-refractivity contribution >= 4 is 35.2 Å². The molecule has 6 nitrogen and oxygen atoms in total. The fraction of sp³-hybridized carbons (Fsp3) is 0.167. The minimum atomic E-state index is -0.361. The summed E-state index contributed by atoms with van der Waals surface area (Å²) in [5.74, 6) is -0.718. The zero-order valence-electron chi connectivity index (χ0n) is 17.6. The number of rotatable bonds is 7. The number of hydrogen-bond donors (Lipinski definition) is 1. The fourth-order valence-electron chi connectivity index (χ4n) is 3.34. The Labute approximate surface area is 195 Å². The molecule has 1 N–H and O–H groups in total. The molecular formula is C24H21ClN4O2S. The molecule has 0 saturated heterocycles. The van der Waals surface area contributed by atoms with Gasteiger partial charge in [0.15, 0.2) is 5.16 Å². The monoisotopic (exact) mass is 464 g/mol. The number of nitrogens with one attached hydrogen (secondary N) is 1. The van der Waals surface area contributed by atoms with E-state index < -0.39 is 0 Å². The van der Waals surface area contributed by atoms with E-state index in [2.05, 4.69) is 15.3 Å². The highest BCUT2D eigenvalue weighted by Crippen LogP contribution is 2.34. The van der Waals surface area contributed by atoms with Crippen molar-refractivity contribution in [1.82, 2.24) is 20.2 Å². The van der Waals surface area contributed by atoms with E-state index in [4.69, 9.17) is 11.6 Å². The molecule has 0 bridgehead atoms. The number of benzene rings is 2. The van der Waals surface area contributed by atoms with E-state index in [0.717, 1.165) is 34.3 Å². The van der Waals surface area contributed by atoms with Crippen molar-refractivity contribution in [2.24, 2.45) is 0 Å². The van der Waals surface area contributed by atoms with E-state index in [1.54, 1.807) is 12.1 Å². The molecule has 4 rings (SSSR count). The molecule has 2 amide bonds. The smallest absolute Gasteiger partial charge is 0.278 e. The number of hydrogen-bond acceptors (Lipinski definition) is 6. The minimum Gasteiger partial charge on any atom is -0.375 e. The highest BCUT2D eigenvalue weighted by molar-refractivity contribution is 8.04. The van der Waals surface area contributed by atoms with Crippen molar-refractivity contribution < 1.29 is 9.59 Å². The second kappa shape index (κ2) is 9.54. The fourth-order valence-corrected chi connectivity index (χ4v) is 4.48. The summed E-state index contributed by atoms with van der Waals surface area (Å²) in [6, 6.07) is 18.6. The molecule has 0 radical (unpaired) electrons. The Bertz CT molecular complexity index is 1180. The van der Waals surface area contributed by atoms with Gasteiger partial charge in [-0.05, 0) is 54.9 Å². The maximum atomic E-state index is 13.3. The van der Waals surface area contributed by atoms with Crippen LogP contribution in [0.1, 0.15) is 22.5 Å². The molecule has 32 heavy (non-hydrogen) atoms. The number of carbonyl (C=O) groups excluding carboxylic acids is 2. The second-order valence-corrected chi connectivity index (χ2v) is 8.82. The number of imide groups is 1. The largest absolute Gasteiger partial charge is 0.375 e. The molecule has 0 aliphatic carbocycles. The lowest BCUT2D eigenvalue weighted by molar-refractivity contribution is -0.138. The molecule has 0 atom stereocenters. The Morgan fingerprint density at radius 2 is 1.56 bits per heavy atom. The predicted octanol–water partition coefficient (Wildman–Crippen LogP) is 4.41. The number of halogens is 1. The number of aryl methyl sites for hydroxylation is 2. The average molecular weight is 465 g/mol. The molecule has 1 aromatic heterocycles. The Balaban J connectivity index is 1.63. The van der Waals surface area contributed by atoms with Gasteiger partial charge >= 0.3 is 0 Å². The maximum absolute atomic E-state index is 13.3. The topological polar surface area (TPSA) is 75.2 Å². The molecular weight excluding hydrogens is 444 g/mol. The Morgan fingerprint density at radius 3 is 2.22 bits per heavy atom. The molecule has 2 heterocycles. The quantitative estimate of drug-likeness (QED) is 0.412. The number of aromatic nitrogens is 2. The van der Waals surface area contributed by atoms with Gasteiger partial charge in [0, 0.05) is 23.0 Å². The van der Waals surface area contributed by atoms with Crippen LogP contribution in [0.4, 0.5) is 0 Å². The molecule has 3 aromatic rings. The summed E-state index contributed by atoms with van der Waals surface area (Å²) in [5, 5.41) is 4.23. The van der Waals surface area contributed by atoms with E-state index >= 15 is 0 Å². The zero-order valence-corrected chi connectivity index (χ0v) is 19.2. The van der Waals surface area contributed by atoms with E-state index in [9.17, 15) is 9.59 Å². The first-order valence-electron chi connectivity index (χ1n) is 10.0. The summed E-state index contributed by atoms with van der Waals surface area (Å²) in [6.45, 7) is 4.32. The highest BCUT2D eigenvalue weighted by Gasteiger charge is 2.39. The average Bonchev–Trinajstić information content (AvgIpc) is 2.97. The van der Waals surface area contributed by atoms with E-state index in [0.29, 0.717) is 21.6 Å². The van der Waals surface area contributed by atoms with Gasteiger partial charge in [0.2, 0.25) is 0 Å². The number of thioether (sulfide) groups is 1. The number of amides is 2. The van der Waals surface area contributed by atoms with Gasteiger partial charge in [0.05, 0.1) is 6.54 Å². The van der Waals surface area contributed by atoms with Crippen LogP contribution in [0.3, 0.4) is 0 Å². The summed E-state index contributed by atoms with van der Waals surface area (Å²) >= 11 is 7.08. The van der Waals surface area contributed by atoms with Gasteiger partial charge in [-0.2, -0.15) is 0 Å². The Kier molecular flexibility index (Phi) is 6.58. The molecule has 1 aliphatic rings. The van der Waals surface area contributed by atoms with Gasteiger partial charge in [0.25, 0.3) is 11.8 Å². The lowest BCUT2D eigenvalue weighted by Crippen LogP contribution is -2.33. The van der Waals surface area contributed by atoms with Crippen LogP contribution >= 0.6 is 23.4 Å². The van der Waals surface area contributed by atoms with Crippen LogP contribution in [-0.4, -0.2) is 26.7 Å². The molecule has 1 aliphatic heterocycles. The normalized spacial score (nSPS) is 13.8. The van der Waals surface area contributed by atoms with Gasteiger partial charge in [-0.1, -0.05) is 54.1 Å². The molecule has 162 valence electrons. The van der Waals surface area contributed by atoms with Crippen LogP contribution in [0.25, 0.3) is 0 Å². The first-order valence-corrected chi connectivity index (χ1v) is 11.2. The van der Waals surface area contributed by atoms with Gasteiger partial charge in [-0.25, -0.2) is 9.97 Å². The number of nitrogens with zero attached hydrogens (tertiary/aromatic N) is 3. The standard InChI is InChI=1S/C24H21ClN4O2S/c1-15-12-16(2)28-24(27-15)32-21-20(26-13-17-8-10-19(25)11-9-17)22(30)29(23(21)31)14-18-6-4-3-5-7-18/h3-12,26H,13-14H2,1-2H3. The van der Waals surface area contributed by atoms with Gasteiger partial charge in [-0.3, -0.25) is 14.5 Å². The summed E-state index contributed by atoms with van der Waals surface area (Å²) in [7, 11) is 0. The van der Waals surface area contributed by atoms with Crippen LogP contribution in [0.15, 0.2) is 76.4 Å². The van der Waals surface area contributed by atoms with Crippen LogP contribution < -0.4 is 5.32 Å². The third-order valence-electron chi connectivity index (χ3n) is 4.85. The lowest BCUT2D eigenvalue weighted by atomic mass is 10.2. The number of carbonyl (C=O) groups is 2. The Hall–Kier alpha value is -3.16. The molecule has 8 heteroatoms. The van der Waals surface area contributed by atoms with E-state index in [-0.39, 0.29) is 24.1 Å². The molecule has 0 unspecified atom stereocenters. The van der Waals surface area contributed by atoms with Crippen molar-refractivity contribution in [1.29, 1.82) is 0 Å². The molecule has 2 aromatic carbocycles. The van der Waals surface area contributed by atoms with Crippen LogP contribution in [0.5, 0.6) is 0 Å². The zero-order chi connectivity index (χ0) is 22.7. The van der Waals surface area contributed by atoms with Crippen molar-refractivity contribution in [3.05, 3.63) is 98.8 Å². The second-order valence-electron chi connectivity index (χ2n) is 7.40. The summed E-state index contributed by atoms with van der Waals surface area (Å²) < 4.78 is 0. The van der Waals surface area contributed by atoms with E-state index in [1.807, 2.05) is 62.4 Å². The maximum Gasteiger partial charge on any atom is 0.278 e. The predicted molar refractivity (Wildman–Crippen MR) is 125 cm³/mol. The minimum absolute atomic E-state index is 0.197. The van der Waals surface area contributed by atoms with Gasteiger partial charge < -0.3 is 5.32 Å². The van der Waals surface area contributed by atoms with Gasteiger partial charge in [0.1, 0.15) is 10.6 Å². The summed E-state index contributed by atoms with van der Waals surface area (Å²) in [6.07, 6.45) is 0. The van der Waals surface area contributed by atoms with E-state index in [1.165, 1.54) is 4.90 Å². The third-order valence-corrected chi connectivity index (χ3v) is 6.05. The molecule has 0 fully saturated rings. The highest BCUT2D eigenvalue weighted by atomic mass is 35.5. The Morgan fingerprint density at radius 1 is 0.906 bits per heavy atom. The molecule has 0 spiro atoms. The van der Waals surface area contributed by atoms with Crippen molar-refractivity contribution in [3.8, 4) is 0 Å².